The van der Waals surface area contributed by atoms with Crippen LogP contribution in [-0.2, 0) is 19.1 Å². The van der Waals surface area contributed by atoms with Crippen LogP contribution >= 0.6 is 11.8 Å². The molecule has 0 aromatic carbocycles. The summed E-state index contributed by atoms with van der Waals surface area (Å²) in [5.41, 5.74) is 0.339. The van der Waals surface area contributed by atoms with E-state index in [1.165, 1.54) is 16.7 Å². The molecule has 1 saturated carbocycles. The van der Waals surface area contributed by atoms with Crippen LogP contribution < -0.4 is 5.32 Å². The van der Waals surface area contributed by atoms with Gasteiger partial charge in [0.15, 0.2) is 0 Å². The zero-order valence-electron chi connectivity index (χ0n) is 15.6. The topological polar surface area (TPSA) is 95.9 Å². The van der Waals surface area contributed by atoms with E-state index in [0.717, 1.165) is 30.6 Å². The molecule has 148 valence electrons. The highest BCUT2D eigenvalue weighted by molar-refractivity contribution is 8.03. The monoisotopic (exact) mass is 394 g/mol. The van der Waals surface area contributed by atoms with Crippen molar-refractivity contribution >= 4 is 29.5 Å². The number of ether oxygens (including phenoxy) is 1. The molecule has 0 bridgehead atoms. The molecule has 0 aromatic rings. The van der Waals surface area contributed by atoms with E-state index < -0.39 is 18.0 Å². The molecule has 27 heavy (non-hydrogen) atoms. The number of carbonyl (C=O) groups is 3. The number of nitrogens with zero attached hydrogens (tertiary/aromatic N) is 1. The van der Waals surface area contributed by atoms with Crippen molar-refractivity contribution in [3.63, 3.8) is 0 Å². The second-order valence-electron chi connectivity index (χ2n) is 8.03. The highest BCUT2D eigenvalue weighted by Gasteiger charge is 2.60. The number of amides is 2. The minimum absolute atomic E-state index is 0.00930. The third kappa shape index (κ3) is 3.16. The molecule has 7 nitrogen and oxygen atoms in total. The quantitative estimate of drug-likeness (QED) is 0.537. The van der Waals surface area contributed by atoms with E-state index in [1.54, 1.807) is 6.92 Å². The molecule has 5 atom stereocenters. The van der Waals surface area contributed by atoms with E-state index in [-0.39, 0.29) is 35.1 Å². The van der Waals surface area contributed by atoms with Gasteiger partial charge in [-0.1, -0.05) is 6.92 Å². The molecule has 3 fully saturated rings. The van der Waals surface area contributed by atoms with Gasteiger partial charge in [0, 0.05) is 29.0 Å². The van der Waals surface area contributed by atoms with E-state index in [1.807, 2.05) is 6.92 Å². The predicted molar refractivity (Wildman–Crippen MR) is 99.3 cm³/mol. The number of fused-ring (bicyclic) bond motifs is 1. The fourth-order valence-electron chi connectivity index (χ4n) is 4.72. The molecule has 0 unspecified atom stereocenters. The average Bonchev–Trinajstić information content (AvgIpc) is 3.29. The number of thioether (sulfide) groups is 1. The first-order valence-corrected chi connectivity index (χ1v) is 10.7. The third-order valence-electron chi connectivity index (χ3n) is 6.11. The lowest BCUT2D eigenvalue weighted by Crippen LogP contribution is -2.63. The zero-order valence-corrected chi connectivity index (χ0v) is 16.5. The first kappa shape index (κ1) is 18.8. The van der Waals surface area contributed by atoms with E-state index >= 15 is 0 Å². The molecule has 4 rings (SSSR count). The Kier molecular flexibility index (Phi) is 4.96. The Bertz CT molecular complexity index is 700. The molecule has 2 N–H and O–H groups in total. The minimum Gasteiger partial charge on any atom is -0.458 e. The van der Waals surface area contributed by atoms with Crippen molar-refractivity contribution in [3.8, 4) is 0 Å². The second kappa shape index (κ2) is 7.13. The van der Waals surface area contributed by atoms with Crippen LogP contribution in [0.2, 0.25) is 0 Å². The van der Waals surface area contributed by atoms with Crippen LogP contribution in [-0.4, -0.2) is 57.8 Å². The Balaban J connectivity index is 1.61. The van der Waals surface area contributed by atoms with Gasteiger partial charge in [0.2, 0.25) is 11.8 Å². The summed E-state index contributed by atoms with van der Waals surface area (Å²) < 4.78 is 5.71. The summed E-state index contributed by atoms with van der Waals surface area (Å²) in [5.74, 6) is -1.19. The Morgan fingerprint density at radius 1 is 1.33 bits per heavy atom. The molecule has 4 aliphatic rings. The second-order valence-corrected chi connectivity index (χ2v) is 9.37. The molecular formula is C19H26N2O5S. The maximum atomic E-state index is 13.0. The van der Waals surface area contributed by atoms with E-state index in [4.69, 9.17) is 4.74 Å². The summed E-state index contributed by atoms with van der Waals surface area (Å²) in [5, 5.41) is 12.9. The number of esters is 1. The van der Waals surface area contributed by atoms with Gasteiger partial charge in [0.1, 0.15) is 11.8 Å². The standard InChI is InChI=1S/C19H26N2O5S/c1-9-15-14(10(2)22)18(24)21(15)16(19(25)26-11-5-3-4-6-11)17(9)27-12-7-13(23)20-8-12/h9-12,14-15,22H,3-8H2,1-2H3,(H,20,23)/t9-,10-,12-,14-,15-/m1/s1. The van der Waals surface area contributed by atoms with E-state index in [0.29, 0.717) is 18.7 Å². The third-order valence-corrected chi connectivity index (χ3v) is 7.60. The van der Waals surface area contributed by atoms with Gasteiger partial charge < -0.3 is 20.1 Å². The van der Waals surface area contributed by atoms with E-state index in [2.05, 4.69) is 5.32 Å². The predicted octanol–water partition coefficient (Wildman–Crippen LogP) is 1.16. The number of carbonyl (C=O) groups excluding carboxylic acids is 3. The molecular weight excluding hydrogens is 368 g/mol. The van der Waals surface area contributed by atoms with Crippen LogP contribution in [0.1, 0.15) is 46.0 Å². The first-order valence-electron chi connectivity index (χ1n) is 9.78. The Morgan fingerprint density at radius 3 is 2.63 bits per heavy atom. The number of hydrogen-bond acceptors (Lipinski definition) is 6. The summed E-state index contributed by atoms with van der Waals surface area (Å²) in [6, 6.07) is -0.212. The molecule has 2 saturated heterocycles. The normalized spacial score (nSPS) is 34.6. The molecule has 3 heterocycles. The Labute approximate surface area is 162 Å². The summed E-state index contributed by atoms with van der Waals surface area (Å²) in [6.07, 6.45) is 3.42. The van der Waals surface area contributed by atoms with Crippen LogP contribution in [0.4, 0.5) is 0 Å². The van der Waals surface area contributed by atoms with Crippen LogP contribution in [0.15, 0.2) is 10.6 Å². The Hall–Kier alpha value is -1.54. The fraction of sp³-hybridized carbons (Fsp3) is 0.737. The highest BCUT2D eigenvalue weighted by Crippen LogP contribution is 2.52. The van der Waals surface area contributed by atoms with Gasteiger partial charge in [-0.25, -0.2) is 4.79 Å². The zero-order chi connectivity index (χ0) is 19.3. The molecule has 1 aliphatic carbocycles. The Morgan fingerprint density at radius 2 is 2.04 bits per heavy atom. The highest BCUT2D eigenvalue weighted by atomic mass is 32.2. The van der Waals surface area contributed by atoms with Gasteiger partial charge >= 0.3 is 5.97 Å². The number of nitrogens with one attached hydrogen (secondary N) is 1. The van der Waals surface area contributed by atoms with E-state index in [9.17, 15) is 19.5 Å². The van der Waals surface area contributed by atoms with Gasteiger partial charge in [-0.05, 0) is 32.6 Å². The van der Waals surface area contributed by atoms with Crippen LogP contribution in [0.3, 0.4) is 0 Å². The summed E-state index contributed by atoms with van der Waals surface area (Å²) >= 11 is 1.50. The maximum absolute atomic E-state index is 13.0. The SMILES string of the molecule is C[C@@H](O)[C@H]1C(=O)N2C(C(=O)OC3CCCC3)=C(S[C@H]3CNC(=O)C3)[C@H](C)[C@H]12. The summed E-state index contributed by atoms with van der Waals surface area (Å²) in [4.78, 5) is 39.6. The van der Waals surface area contributed by atoms with Crippen molar-refractivity contribution in [2.24, 2.45) is 11.8 Å². The van der Waals surface area contributed by atoms with Crippen molar-refractivity contribution in [1.29, 1.82) is 0 Å². The lowest BCUT2D eigenvalue weighted by molar-refractivity contribution is -0.165. The lowest BCUT2D eigenvalue weighted by atomic mass is 9.79. The molecule has 2 amide bonds. The number of hydrogen-bond donors (Lipinski definition) is 2. The van der Waals surface area contributed by atoms with Crippen molar-refractivity contribution in [3.05, 3.63) is 10.6 Å². The number of aliphatic hydroxyl groups is 1. The van der Waals surface area contributed by atoms with Gasteiger partial charge in [-0.2, -0.15) is 0 Å². The first-order chi connectivity index (χ1) is 12.9. The number of aliphatic hydroxyl groups excluding tert-OH is 1. The summed E-state index contributed by atoms with van der Waals surface area (Å²) in [7, 11) is 0. The molecule has 0 aromatic heterocycles. The molecule has 8 heteroatoms. The average molecular weight is 394 g/mol. The van der Waals surface area contributed by atoms with Crippen molar-refractivity contribution in [2.45, 2.75) is 69.5 Å². The lowest BCUT2D eigenvalue weighted by Gasteiger charge is -2.46. The molecule has 3 aliphatic heterocycles. The van der Waals surface area contributed by atoms with Crippen molar-refractivity contribution in [1.82, 2.24) is 10.2 Å². The molecule has 0 radical (unpaired) electrons. The van der Waals surface area contributed by atoms with Crippen molar-refractivity contribution < 1.29 is 24.2 Å². The van der Waals surface area contributed by atoms with Crippen LogP contribution in [0.25, 0.3) is 0 Å². The maximum Gasteiger partial charge on any atom is 0.356 e. The summed E-state index contributed by atoms with van der Waals surface area (Å²) in [6.45, 7) is 4.17. The smallest absolute Gasteiger partial charge is 0.356 e. The van der Waals surface area contributed by atoms with Gasteiger partial charge in [-0.3, -0.25) is 9.59 Å². The fourth-order valence-corrected chi connectivity index (χ4v) is 6.13. The minimum atomic E-state index is -0.757. The number of rotatable bonds is 5. The van der Waals surface area contributed by atoms with Crippen LogP contribution in [0.5, 0.6) is 0 Å². The van der Waals surface area contributed by atoms with Crippen LogP contribution in [0, 0.1) is 11.8 Å². The number of β-lactam (4-membered cyclic amide) rings is 1. The molecule has 0 spiro atoms. The van der Waals surface area contributed by atoms with Gasteiger partial charge in [-0.15, -0.1) is 11.8 Å². The van der Waals surface area contributed by atoms with Gasteiger partial charge in [0.25, 0.3) is 0 Å². The largest absolute Gasteiger partial charge is 0.458 e. The van der Waals surface area contributed by atoms with Gasteiger partial charge in [0.05, 0.1) is 18.1 Å². The van der Waals surface area contributed by atoms with Crippen molar-refractivity contribution in [2.75, 3.05) is 6.54 Å².